The van der Waals surface area contributed by atoms with Crippen molar-refractivity contribution in [1.29, 1.82) is 0 Å². The SMILES string of the molecule is CC(N)Cc1nc(-c2ccccc2F)no1. The van der Waals surface area contributed by atoms with Gasteiger partial charge in [-0.1, -0.05) is 17.3 Å². The molecule has 1 atom stereocenters. The van der Waals surface area contributed by atoms with Crippen LogP contribution in [-0.4, -0.2) is 16.2 Å². The molecule has 0 bridgehead atoms. The van der Waals surface area contributed by atoms with Crippen molar-refractivity contribution in [3.63, 3.8) is 0 Å². The summed E-state index contributed by atoms with van der Waals surface area (Å²) in [5, 5.41) is 3.72. The lowest BCUT2D eigenvalue weighted by Crippen LogP contribution is -2.17. The number of nitrogens with zero attached hydrogens (tertiary/aromatic N) is 2. The van der Waals surface area contributed by atoms with Crippen molar-refractivity contribution in [3.05, 3.63) is 36.0 Å². The Morgan fingerprint density at radius 2 is 2.19 bits per heavy atom. The molecule has 5 heteroatoms. The van der Waals surface area contributed by atoms with Crippen LogP contribution in [0.5, 0.6) is 0 Å². The lowest BCUT2D eigenvalue weighted by atomic mass is 10.2. The van der Waals surface area contributed by atoms with E-state index in [4.69, 9.17) is 10.3 Å². The van der Waals surface area contributed by atoms with E-state index in [-0.39, 0.29) is 17.7 Å². The summed E-state index contributed by atoms with van der Waals surface area (Å²) in [5.41, 5.74) is 5.94. The Labute approximate surface area is 92.3 Å². The number of nitrogens with two attached hydrogens (primary N) is 1. The van der Waals surface area contributed by atoms with E-state index in [1.807, 2.05) is 6.92 Å². The second-order valence-electron chi connectivity index (χ2n) is 3.67. The maximum absolute atomic E-state index is 13.4. The summed E-state index contributed by atoms with van der Waals surface area (Å²) in [6.45, 7) is 1.84. The van der Waals surface area contributed by atoms with Crippen molar-refractivity contribution in [1.82, 2.24) is 10.1 Å². The van der Waals surface area contributed by atoms with Crippen LogP contribution in [0.3, 0.4) is 0 Å². The molecule has 0 saturated carbocycles. The third-order valence-corrected chi connectivity index (χ3v) is 2.08. The summed E-state index contributed by atoms with van der Waals surface area (Å²) < 4.78 is 18.4. The molecule has 0 aliphatic rings. The molecule has 2 aromatic rings. The fourth-order valence-electron chi connectivity index (χ4n) is 1.37. The van der Waals surface area contributed by atoms with Gasteiger partial charge in [-0.05, 0) is 19.1 Å². The van der Waals surface area contributed by atoms with Crippen LogP contribution in [0.15, 0.2) is 28.8 Å². The monoisotopic (exact) mass is 221 g/mol. The van der Waals surface area contributed by atoms with Gasteiger partial charge < -0.3 is 10.3 Å². The van der Waals surface area contributed by atoms with Crippen molar-refractivity contribution >= 4 is 0 Å². The average molecular weight is 221 g/mol. The van der Waals surface area contributed by atoms with Crippen LogP contribution < -0.4 is 5.73 Å². The van der Waals surface area contributed by atoms with Gasteiger partial charge in [0.05, 0.1) is 5.56 Å². The van der Waals surface area contributed by atoms with E-state index in [1.54, 1.807) is 18.2 Å². The first-order valence-electron chi connectivity index (χ1n) is 5.00. The van der Waals surface area contributed by atoms with E-state index in [2.05, 4.69) is 10.1 Å². The molecule has 0 aliphatic carbocycles. The molecule has 0 radical (unpaired) electrons. The predicted octanol–water partition coefficient (Wildman–Crippen LogP) is 1.77. The summed E-state index contributed by atoms with van der Waals surface area (Å²) in [6.07, 6.45) is 0.488. The average Bonchev–Trinajstić information content (AvgIpc) is 2.66. The summed E-state index contributed by atoms with van der Waals surface area (Å²) in [6, 6.07) is 6.24. The topological polar surface area (TPSA) is 64.9 Å². The number of hydrogen-bond acceptors (Lipinski definition) is 4. The van der Waals surface area contributed by atoms with E-state index < -0.39 is 0 Å². The molecule has 1 aromatic heterocycles. The molecule has 0 fully saturated rings. The van der Waals surface area contributed by atoms with Crippen LogP contribution in [0.25, 0.3) is 11.4 Å². The highest BCUT2D eigenvalue weighted by Crippen LogP contribution is 2.19. The molecule has 0 aliphatic heterocycles. The van der Waals surface area contributed by atoms with E-state index in [9.17, 15) is 4.39 Å². The summed E-state index contributed by atoms with van der Waals surface area (Å²) in [5.74, 6) is 0.317. The molecule has 84 valence electrons. The van der Waals surface area contributed by atoms with Crippen LogP contribution in [-0.2, 0) is 6.42 Å². The largest absolute Gasteiger partial charge is 0.339 e. The molecular weight excluding hydrogens is 209 g/mol. The summed E-state index contributed by atoms with van der Waals surface area (Å²) in [7, 11) is 0. The third kappa shape index (κ3) is 2.25. The Bertz CT molecular complexity index is 482. The standard InChI is InChI=1S/C11H12FN3O/c1-7(13)6-10-14-11(15-16-10)8-4-2-3-5-9(8)12/h2-5,7H,6,13H2,1H3. The molecule has 1 unspecified atom stereocenters. The van der Waals surface area contributed by atoms with Gasteiger partial charge in [-0.2, -0.15) is 4.98 Å². The van der Waals surface area contributed by atoms with Gasteiger partial charge in [-0.3, -0.25) is 0 Å². The highest BCUT2D eigenvalue weighted by molar-refractivity contribution is 5.54. The molecule has 2 rings (SSSR count). The van der Waals surface area contributed by atoms with Gasteiger partial charge in [0.1, 0.15) is 5.82 Å². The van der Waals surface area contributed by atoms with Gasteiger partial charge in [0.25, 0.3) is 0 Å². The molecule has 2 N–H and O–H groups in total. The number of rotatable bonds is 3. The number of aromatic nitrogens is 2. The van der Waals surface area contributed by atoms with Crippen LogP contribution in [0.4, 0.5) is 4.39 Å². The molecule has 4 nitrogen and oxygen atoms in total. The van der Waals surface area contributed by atoms with E-state index in [0.29, 0.717) is 17.9 Å². The van der Waals surface area contributed by atoms with Gasteiger partial charge in [0.15, 0.2) is 0 Å². The lowest BCUT2D eigenvalue weighted by molar-refractivity contribution is 0.371. The van der Waals surface area contributed by atoms with Crippen molar-refractivity contribution < 1.29 is 8.91 Å². The first-order valence-corrected chi connectivity index (χ1v) is 5.00. The number of hydrogen-bond donors (Lipinski definition) is 1. The Hall–Kier alpha value is -1.75. The fraction of sp³-hybridized carbons (Fsp3) is 0.273. The molecule has 0 saturated heterocycles. The Morgan fingerprint density at radius 3 is 2.88 bits per heavy atom. The van der Waals surface area contributed by atoms with Crippen molar-refractivity contribution in [3.8, 4) is 11.4 Å². The maximum Gasteiger partial charge on any atom is 0.228 e. The first-order chi connectivity index (χ1) is 7.66. The quantitative estimate of drug-likeness (QED) is 0.857. The van der Waals surface area contributed by atoms with Crippen LogP contribution in [0.1, 0.15) is 12.8 Å². The van der Waals surface area contributed by atoms with Gasteiger partial charge in [-0.15, -0.1) is 0 Å². The molecule has 0 spiro atoms. The normalized spacial score (nSPS) is 12.7. The summed E-state index contributed by atoms with van der Waals surface area (Å²) >= 11 is 0. The zero-order valence-electron chi connectivity index (χ0n) is 8.85. The Balaban J connectivity index is 2.28. The van der Waals surface area contributed by atoms with E-state index in [1.165, 1.54) is 6.07 Å². The van der Waals surface area contributed by atoms with E-state index >= 15 is 0 Å². The molecule has 1 heterocycles. The number of benzene rings is 1. The minimum absolute atomic E-state index is 0.0612. The minimum atomic E-state index is -0.365. The van der Waals surface area contributed by atoms with Crippen LogP contribution >= 0.6 is 0 Å². The molecular formula is C11H12FN3O. The maximum atomic E-state index is 13.4. The first kappa shape index (κ1) is 10.8. The Kier molecular flexibility index (Phi) is 2.96. The van der Waals surface area contributed by atoms with Gasteiger partial charge in [-0.25, -0.2) is 4.39 Å². The molecule has 0 amide bonds. The zero-order valence-corrected chi connectivity index (χ0v) is 8.85. The highest BCUT2D eigenvalue weighted by atomic mass is 19.1. The second kappa shape index (κ2) is 4.40. The van der Waals surface area contributed by atoms with Crippen LogP contribution in [0, 0.1) is 5.82 Å². The van der Waals surface area contributed by atoms with Crippen LogP contribution in [0.2, 0.25) is 0 Å². The number of halogens is 1. The highest BCUT2D eigenvalue weighted by Gasteiger charge is 2.12. The lowest BCUT2D eigenvalue weighted by Gasteiger charge is -1.97. The van der Waals surface area contributed by atoms with Crippen molar-refractivity contribution in [2.24, 2.45) is 5.73 Å². The summed E-state index contributed by atoms with van der Waals surface area (Å²) in [4.78, 5) is 4.08. The molecule has 16 heavy (non-hydrogen) atoms. The van der Waals surface area contributed by atoms with E-state index in [0.717, 1.165) is 0 Å². The predicted molar refractivity (Wildman–Crippen MR) is 57.0 cm³/mol. The Morgan fingerprint density at radius 1 is 1.44 bits per heavy atom. The van der Waals surface area contributed by atoms with Crippen molar-refractivity contribution in [2.75, 3.05) is 0 Å². The molecule has 1 aromatic carbocycles. The third-order valence-electron chi connectivity index (χ3n) is 2.08. The smallest absolute Gasteiger partial charge is 0.228 e. The second-order valence-corrected chi connectivity index (χ2v) is 3.67. The fourth-order valence-corrected chi connectivity index (χ4v) is 1.37. The van der Waals surface area contributed by atoms with Gasteiger partial charge in [0.2, 0.25) is 11.7 Å². The van der Waals surface area contributed by atoms with Gasteiger partial charge >= 0.3 is 0 Å². The zero-order chi connectivity index (χ0) is 11.5. The minimum Gasteiger partial charge on any atom is -0.339 e. The van der Waals surface area contributed by atoms with Gasteiger partial charge in [0, 0.05) is 12.5 Å². The van der Waals surface area contributed by atoms with Crippen molar-refractivity contribution in [2.45, 2.75) is 19.4 Å².